The Kier molecular flexibility index (Phi) is 6.13. The van der Waals surface area contributed by atoms with Crippen LogP contribution in [-0.2, 0) is 16.4 Å². The summed E-state index contributed by atoms with van der Waals surface area (Å²) in [6.45, 7) is 5.14. The number of halogens is 2. The molecule has 0 spiro atoms. The maximum absolute atomic E-state index is 13.2. The van der Waals surface area contributed by atoms with Crippen LogP contribution >= 0.6 is 11.6 Å². The van der Waals surface area contributed by atoms with Crippen LogP contribution < -0.4 is 10.0 Å². The molecule has 0 saturated carbocycles. The first-order valence-corrected chi connectivity index (χ1v) is 10.3. The van der Waals surface area contributed by atoms with Crippen LogP contribution in [0.25, 0.3) is 0 Å². The van der Waals surface area contributed by atoms with E-state index in [0.29, 0.717) is 5.69 Å². The Morgan fingerprint density at radius 1 is 1.12 bits per heavy atom. The van der Waals surface area contributed by atoms with Gasteiger partial charge in [-0.2, -0.15) is 0 Å². The van der Waals surface area contributed by atoms with Crippen molar-refractivity contribution >= 4 is 27.3 Å². The van der Waals surface area contributed by atoms with Gasteiger partial charge in [0.2, 0.25) is 0 Å². The Morgan fingerprint density at radius 3 is 2.46 bits per heavy atom. The molecule has 8 heteroatoms. The Balaban J connectivity index is 1.61. The highest BCUT2D eigenvalue weighted by Crippen LogP contribution is 2.22. The molecule has 1 aliphatic heterocycles. The monoisotopic (exact) mass is 397 g/mol. The minimum atomic E-state index is -3.81. The average Bonchev–Trinajstić information content (AvgIpc) is 2.64. The van der Waals surface area contributed by atoms with Crippen molar-refractivity contribution in [3.63, 3.8) is 0 Å². The van der Waals surface area contributed by atoms with E-state index in [9.17, 15) is 12.8 Å². The first-order chi connectivity index (χ1) is 12.4. The zero-order valence-electron chi connectivity index (χ0n) is 14.2. The highest BCUT2D eigenvalue weighted by molar-refractivity contribution is 7.92. The van der Waals surface area contributed by atoms with Crippen molar-refractivity contribution in [2.45, 2.75) is 11.3 Å². The van der Waals surface area contributed by atoms with E-state index in [1.807, 2.05) is 12.1 Å². The van der Waals surface area contributed by atoms with E-state index in [1.54, 1.807) is 12.1 Å². The molecular weight excluding hydrogens is 377 g/mol. The van der Waals surface area contributed by atoms with Crippen LogP contribution in [0, 0.1) is 5.82 Å². The zero-order chi connectivity index (χ0) is 18.6. The molecule has 0 bridgehead atoms. The highest BCUT2D eigenvalue weighted by atomic mass is 35.5. The van der Waals surface area contributed by atoms with Crippen LogP contribution in [-0.4, -0.2) is 46.0 Å². The molecule has 140 valence electrons. The van der Waals surface area contributed by atoms with Gasteiger partial charge < -0.3 is 10.2 Å². The summed E-state index contributed by atoms with van der Waals surface area (Å²) in [5.74, 6) is -0.653. The second-order valence-corrected chi connectivity index (χ2v) is 8.31. The third-order valence-electron chi connectivity index (χ3n) is 4.33. The first-order valence-electron chi connectivity index (χ1n) is 8.44. The van der Waals surface area contributed by atoms with E-state index < -0.39 is 15.8 Å². The summed E-state index contributed by atoms with van der Waals surface area (Å²) in [7, 11) is -3.81. The van der Waals surface area contributed by atoms with Crippen LogP contribution in [0.1, 0.15) is 5.56 Å². The van der Waals surface area contributed by atoms with Gasteiger partial charge >= 0.3 is 0 Å². The van der Waals surface area contributed by atoms with Crippen LogP contribution in [0.3, 0.4) is 0 Å². The smallest absolute Gasteiger partial charge is 0.261 e. The summed E-state index contributed by atoms with van der Waals surface area (Å²) in [6.07, 6.45) is 0.917. The van der Waals surface area contributed by atoms with Crippen molar-refractivity contribution in [1.29, 1.82) is 0 Å². The third-order valence-corrected chi connectivity index (χ3v) is 6.00. The van der Waals surface area contributed by atoms with Gasteiger partial charge in [-0.3, -0.25) is 4.72 Å². The predicted octanol–water partition coefficient (Wildman–Crippen LogP) is 2.73. The molecule has 1 heterocycles. The van der Waals surface area contributed by atoms with E-state index in [4.69, 9.17) is 11.6 Å². The quantitative estimate of drug-likeness (QED) is 0.786. The molecule has 26 heavy (non-hydrogen) atoms. The SMILES string of the molecule is O=S(=O)(Nc1ccc(CCN2CCNCC2)cc1)c1ccc(F)c(Cl)c1. The van der Waals surface area contributed by atoms with Crippen molar-refractivity contribution in [2.24, 2.45) is 0 Å². The number of hydrogen-bond acceptors (Lipinski definition) is 4. The number of nitrogens with zero attached hydrogens (tertiary/aromatic N) is 1. The molecule has 2 N–H and O–H groups in total. The van der Waals surface area contributed by atoms with Crippen molar-refractivity contribution in [1.82, 2.24) is 10.2 Å². The molecule has 2 aromatic rings. The fraction of sp³-hybridized carbons (Fsp3) is 0.333. The lowest BCUT2D eigenvalue weighted by atomic mass is 10.1. The number of rotatable bonds is 6. The Morgan fingerprint density at radius 2 is 1.81 bits per heavy atom. The predicted molar refractivity (Wildman–Crippen MR) is 102 cm³/mol. The molecule has 0 amide bonds. The summed E-state index contributed by atoms with van der Waals surface area (Å²) in [6, 6.07) is 10.6. The molecule has 0 aliphatic carbocycles. The summed E-state index contributed by atoms with van der Waals surface area (Å²) in [5, 5.41) is 3.10. The van der Waals surface area contributed by atoms with Gasteiger partial charge in [-0.1, -0.05) is 23.7 Å². The van der Waals surface area contributed by atoms with Gasteiger partial charge in [-0.05, 0) is 42.3 Å². The van der Waals surface area contributed by atoms with E-state index in [-0.39, 0.29) is 9.92 Å². The van der Waals surface area contributed by atoms with Crippen LogP contribution in [0.15, 0.2) is 47.4 Å². The molecule has 0 unspecified atom stereocenters. The lowest BCUT2D eigenvalue weighted by Gasteiger charge is -2.27. The van der Waals surface area contributed by atoms with Gasteiger partial charge in [-0.25, -0.2) is 12.8 Å². The molecule has 3 rings (SSSR count). The highest BCUT2D eigenvalue weighted by Gasteiger charge is 2.16. The summed E-state index contributed by atoms with van der Waals surface area (Å²) in [4.78, 5) is 2.33. The Labute approximate surface area is 158 Å². The second-order valence-electron chi connectivity index (χ2n) is 6.22. The molecule has 1 saturated heterocycles. The molecule has 1 aliphatic rings. The summed E-state index contributed by atoms with van der Waals surface area (Å²) >= 11 is 5.67. The molecule has 5 nitrogen and oxygen atoms in total. The second kappa shape index (κ2) is 8.35. The molecule has 0 atom stereocenters. The Bertz CT molecular complexity index is 853. The van der Waals surface area contributed by atoms with Gasteiger partial charge in [0, 0.05) is 38.4 Å². The summed E-state index contributed by atoms with van der Waals surface area (Å²) in [5.41, 5.74) is 1.60. The topological polar surface area (TPSA) is 61.4 Å². The molecular formula is C18H21ClFN3O2S. The zero-order valence-corrected chi connectivity index (χ0v) is 15.8. The maximum Gasteiger partial charge on any atom is 0.261 e. The van der Waals surface area contributed by atoms with Gasteiger partial charge in [0.15, 0.2) is 0 Å². The number of anilines is 1. The molecule has 2 aromatic carbocycles. The molecule has 0 radical (unpaired) electrons. The van der Waals surface area contributed by atoms with E-state index in [0.717, 1.165) is 56.8 Å². The van der Waals surface area contributed by atoms with E-state index in [1.165, 1.54) is 6.07 Å². The number of nitrogens with one attached hydrogen (secondary N) is 2. The first kappa shape index (κ1) is 19.1. The third kappa shape index (κ3) is 4.94. The fourth-order valence-electron chi connectivity index (χ4n) is 2.82. The average molecular weight is 398 g/mol. The minimum absolute atomic E-state index is 0.0771. The standard InChI is InChI=1S/C18H21ClFN3O2S/c19-17-13-16(5-6-18(17)20)26(24,25)22-15-3-1-14(2-4-15)7-10-23-11-8-21-9-12-23/h1-6,13,21-22H,7-12H2. The number of hydrogen-bond donors (Lipinski definition) is 2. The number of benzene rings is 2. The van der Waals surface area contributed by atoms with Crippen LogP contribution in [0.5, 0.6) is 0 Å². The van der Waals surface area contributed by atoms with E-state index in [2.05, 4.69) is 14.9 Å². The Hall–Kier alpha value is -1.67. The lowest BCUT2D eigenvalue weighted by Crippen LogP contribution is -2.44. The van der Waals surface area contributed by atoms with Gasteiger partial charge in [0.05, 0.1) is 9.92 Å². The lowest BCUT2D eigenvalue weighted by molar-refractivity contribution is 0.244. The van der Waals surface area contributed by atoms with Gasteiger partial charge in [0.1, 0.15) is 5.82 Å². The summed E-state index contributed by atoms with van der Waals surface area (Å²) < 4.78 is 40.5. The van der Waals surface area contributed by atoms with E-state index >= 15 is 0 Å². The molecule has 0 aromatic heterocycles. The normalized spacial score (nSPS) is 15.8. The van der Waals surface area contributed by atoms with Crippen molar-refractivity contribution in [2.75, 3.05) is 37.4 Å². The largest absolute Gasteiger partial charge is 0.314 e. The van der Waals surface area contributed by atoms with Crippen molar-refractivity contribution in [3.05, 3.63) is 58.9 Å². The minimum Gasteiger partial charge on any atom is -0.314 e. The van der Waals surface area contributed by atoms with Crippen molar-refractivity contribution in [3.8, 4) is 0 Å². The maximum atomic E-state index is 13.2. The number of piperazine rings is 1. The van der Waals surface area contributed by atoms with Crippen LogP contribution in [0.4, 0.5) is 10.1 Å². The van der Waals surface area contributed by atoms with Gasteiger partial charge in [0.25, 0.3) is 10.0 Å². The van der Waals surface area contributed by atoms with Crippen molar-refractivity contribution < 1.29 is 12.8 Å². The molecule has 1 fully saturated rings. The van der Waals surface area contributed by atoms with Gasteiger partial charge in [-0.15, -0.1) is 0 Å². The van der Waals surface area contributed by atoms with Crippen LogP contribution in [0.2, 0.25) is 5.02 Å². The number of sulfonamides is 1. The fourth-order valence-corrected chi connectivity index (χ4v) is 4.15.